The van der Waals surface area contributed by atoms with Crippen LogP contribution < -0.4 is 4.90 Å². The van der Waals surface area contributed by atoms with E-state index in [2.05, 4.69) is 245 Å². The van der Waals surface area contributed by atoms with E-state index in [4.69, 9.17) is 0 Å². The van der Waals surface area contributed by atoms with E-state index in [1.54, 1.807) is 0 Å². The van der Waals surface area contributed by atoms with Crippen LogP contribution in [0.1, 0.15) is 73.9 Å². The molecule has 13 rings (SSSR count). The predicted molar refractivity (Wildman–Crippen MR) is 279 cm³/mol. The Morgan fingerprint density at radius 3 is 1.53 bits per heavy atom. The van der Waals surface area contributed by atoms with Crippen molar-refractivity contribution in [3.63, 3.8) is 0 Å². The highest BCUT2D eigenvalue weighted by molar-refractivity contribution is 6.15. The number of fused-ring (bicyclic) bond motifs is 14. The Morgan fingerprint density at radius 1 is 0.333 bits per heavy atom. The van der Waals surface area contributed by atoms with Crippen LogP contribution in [0, 0.1) is 0 Å². The lowest BCUT2D eigenvalue weighted by atomic mass is 9.61. The Kier molecular flexibility index (Phi) is 8.41. The summed E-state index contributed by atoms with van der Waals surface area (Å²) < 4.78 is 0. The fourth-order valence-electron chi connectivity index (χ4n) is 12.5. The summed E-state index contributed by atoms with van der Waals surface area (Å²) in [4.78, 5) is 2.61. The van der Waals surface area contributed by atoms with Gasteiger partial charge in [-0.3, -0.25) is 0 Å². The minimum atomic E-state index is -0.502. The molecule has 0 bridgehead atoms. The molecule has 3 aliphatic rings. The first-order valence-corrected chi connectivity index (χ1v) is 23.7. The van der Waals surface area contributed by atoms with Crippen LogP contribution in [0.2, 0.25) is 0 Å². The predicted octanol–water partition coefficient (Wildman–Crippen LogP) is 17.5. The lowest BCUT2D eigenvalue weighted by Crippen LogP contribution is -2.34. The van der Waals surface area contributed by atoms with E-state index in [0.717, 1.165) is 18.5 Å². The SMILES string of the molecule is CC1(C)CCC(C)(C)c2c(-c3cc4c(cc3N(c3ccc(-c5ccccc5)cc3)c3cc5ccccc5c5ccccc35)C3(c5ccccc5-c5ccccc53)c3ccccc3-4)cccc21. The highest BCUT2D eigenvalue weighted by atomic mass is 15.1. The van der Waals surface area contributed by atoms with E-state index in [0.29, 0.717) is 0 Å². The van der Waals surface area contributed by atoms with Gasteiger partial charge in [0.15, 0.2) is 0 Å². The minimum Gasteiger partial charge on any atom is -0.309 e. The largest absolute Gasteiger partial charge is 0.309 e. The molecule has 0 heterocycles. The third kappa shape index (κ3) is 5.47. The van der Waals surface area contributed by atoms with Gasteiger partial charge in [-0.1, -0.05) is 210 Å². The summed E-state index contributed by atoms with van der Waals surface area (Å²) >= 11 is 0. The van der Waals surface area contributed by atoms with Crippen molar-refractivity contribution in [1.82, 2.24) is 0 Å². The van der Waals surface area contributed by atoms with Crippen molar-refractivity contribution in [2.45, 2.75) is 56.8 Å². The van der Waals surface area contributed by atoms with Crippen molar-refractivity contribution in [2.24, 2.45) is 0 Å². The van der Waals surface area contributed by atoms with Crippen LogP contribution >= 0.6 is 0 Å². The Morgan fingerprint density at radius 2 is 0.848 bits per heavy atom. The Balaban J connectivity index is 1.20. The first-order chi connectivity index (χ1) is 32.2. The quantitative estimate of drug-likeness (QED) is 0.156. The summed E-state index contributed by atoms with van der Waals surface area (Å²) in [6.07, 6.45) is 2.29. The van der Waals surface area contributed by atoms with Crippen LogP contribution in [0.4, 0.5) is 17.1 Å². The summed E-state index contributed by atoms with van der Waals surface area (Å²) in [5.41, 5.74) is 21.6. The van der Waals surface area contributed by atoms with Crippen molar-refractivity contribution in [3.05, 3.63) is 246 Å². The molecule has 1 heteroatoms. The zero-order valence-corrected chi connectivity index (χ0v) is 38.1. The molecule has 10 aromatic carbocycles. The van der Waals surface area contributed by atoms with E-state index in [1.807, 2.05) is 0 Å². The molecule has 66 heavy (non-hydrogen) atoms. The molecule has 0 N–H and O–H groups in total. The molecule has 0 atom stereocenters. The molecule has 1 nitrogen and oxygen atoms in total. The van der Waals surface area contributed by atoms with Gasteiger partial charge in [0, 0.05) is 16.6 Å². The Hall–Kier alpha value is -7.48. The van der Waals surface area contributed by atoms with Gasteiger partial charge in [0.05, 0.1) is 16.8 Å². The van der Waals surface area contributed by atoms with E-state index in [9.17, 15) is 0 Å². The third-order valence-electron chi connectivity index (χ3n) is 15.7. The molecule has 0 unspecified atom stereocenters. The fourth-order valence-corrected chi connectivity index (χ4v) is 12.5. The number of anilines is 3. The first-order valence-electron chi connectivity index (χ1n) is 23.7. The number of hydrogen-bond donors (Lipinski definition) is 0. The molecule has 0 fully saturated rings. The van der Waals surface area contributed by atoms with Crippen LogP contribution in [0.15, 0.2) is 212 Å². The van der Waals surface area contributed by atoms with Crippen molar-refractivity contribution < 1.29 is 0 Å². The summed E-state index contributed by atoms with van der Waals surface area (Å²) in [5, 5.41) is 4.96. The molecular weight excluding hydrogens is 795 g/mol. The third-order valence-corrected chi connectivity index (χ3v) is 15.7. The molecule has 0 aliphatic heterocycles. The first kappa shape index (κ1) is 38.9. The lowest BCUT2D eigenvalue weighted by Gasteiger charge is -2.43. The van der Waals surface area contributed by atoms with Crippen molar-refractivity contribution in [2.75, 3.05) is 4.90 Å². The zero-order chi connectivity index (χ0) is 44.4. The second kappa shape index (κ2) is 14.3. The molecule has 0 saturated carbocycles. The van der Waals surface area contributed by atoms with Crippen molar-refractivity contribution >= 4 is 38.6 Å². The van der Waals surface area contributed by atoms with Crippen LogP contribution in [0.3, 0.4) is 0 Å². The van der Waals surface area contributed by atoms with E-state index >= 15 is 0 Å². The Labute approximate surface area is 388 Å². The minimum absolute atomic E-state index is 0.0298. The molecule has 316 valence electrons. The van der Waals surface area contributed by atoms with Gasteiger partial charge in [0.25, 0.3) is 0 Å². The number of nitrogens with zero attached hydrogens (tertiary/aromatic N) is 1. The standard InChI is InChI=1S/C65H51N/c1-63(2)37-38-64(3,4)62-52(28-18-32-58(62)63)54-40-53-50-26-14-17-31-57(50)65(55-29-15-12-24-48(55)49-25-13-16-30-56(49)65)59(53)41-61(54)66(45-35-33-43(34-36-45)42-19-6-5-7-20-42)60-39-44-21-8-9-22-46(44)47-23-10-11-27-51(47)60/h5-36,39-41H,37-38H2,1-4H3. The van der Waals surface area contributed by atoms with Gasteiger partial charge in [-0.25, -0.2) is 0 Å². The second-order valence-electron chi connectivity index (χ2n) is 20.2. The smallest absolute Gasteiger partial charge is 0.0726 e. The molecule has 10 aromatic rings. The molecule has 0 radical (unpaired) electrons. The lowest BCUT2D eigenvalue weighted by molar-refractivity contribution is 0.333. The van der Waals surface area contributed by atoms with Gasteiger partial charge in [0.2, 0.25) is 0 Å². The summed E-state index contributed by atoms with van der Waals surface area (Å²) in [7, 11) is 0. The van der Waals surface area contributed by atoms with Gasteiger partial charge in [0.1, 0.15) is 0 Å². The maximum atomic E-state index is 2.62. The highest BCUT2D eigenvalue weighted by Crippen LogP contribution is 2.65. The van der Waals surface area contributed by atoms with Crippen LogP contribution in [0.25, 0.3) is 66.1 Å². The molecule has 0 saturated heterocycles. The average Bonchev–Trinajstić information content (AvgIpc) is 3.82. The summed E-state index contributed by atoms with van der Waals surface area (Å²) in [5.74, 6) is 0. The van der Waals surface area contributed by atoms with Crippen LogP contribution in [0.5, 0.6) is 0 Å². The average molecular weight is 846 g/mol. The zero-order valence-electron chi connectivity index (χ0n) is 38.1. The topological polar surface area (TPSA) is 3.24 Å². The molecule has 0 aromatic heterocycles. The fraction of sp³-hybridized carbons (Fsp3) is 0.138. The molecule has 0 amide bonds. The summed E-state index contributed by atoms with van der Waals surface area (Å²) in [6.45, 7) is 9.85. The number of benzene rings is 10. The van der Waals surface area contributed by atoms with E-state index in [-0.39, 0.29) is 10.8 Å². The summed E-state index contributed by atoms with van der Waals surface area (Å²) in [6, 6.07) is 80.5. The normalized spacial score (nSPS) is 15.5. The van der Waals surface area contributed by atoms with Crippen molar-refractivity contribution in [3.8, 4) is 44.5 Å². The van der Waals surface area contributed by atoms with E-state index in [1.165, 1.54) is 111 Å². The number of rotatable bonds is 5. The van der Waals surface area contributed by atoms with E-state index < -0.39 is 5.41 Å². The van der Waals surface area contributed by atoms with Gasteiger partial charge < -0.3 is 4.90 Å². The highest BCUT2D eigenvalue weighted by Gasteiger charge is 2.52. The van der Waals surface area contributed by atoms with Gasteiger partial charge in [-0.2, -0.15) is 0 Å². The number of hydrogen-bond acceptors (Lipinski definition) is 1. The second-order valence-corrected chi connectivity index (χ2v) is 20.2. The van der Waals surface area contributed by atoms with Gasteiger partial charge in [-0.15, -0.1) is 0 Å². The van der Waals surface area contributed by atoms with Crippen LogP contribution in [-0.2, 0) is 16.2 Å². The molecule has 3 aliphatic carbocycles. The maximum absolute atomic E-state index is 2.62. The molecular formula is C65H51N. The van der Waals surface area contributed by atoms with Crippen LogP contribution in [-0.4, -0.2) is 0 Å². The maximum Gasteiger partial charge on any atom is 0.0726 e. The van der Waals surface area contributed by atoms with Crippen molar-refractivity contribution in [1.29, 1.82) is 0 Å². The Bertz CT molecular complexity index is 3540. The molecule has 1 spiro atoms. The van der Waals surface area contributed by atoms with Gasteiger partial charge in [-0.05, 0) is 142 Å². The monoisotopic (exact) mass is 845 g/mol. The van der Waals surface area contributed by atoms with Gasteiger partial charge >= 0.3 is 0 Å².